The van der Waals surface area contributed by atoms with E-state index in [1.165, 1.54) is 36.7 Å². The molecule has 0 atom stereocenters. The van der Waals surface area contributed by atoms with Crippen molar-refractivity contribution in [2.75, 3.05) is 35.7 Å². The van der Waals surface area contributed by atoms with Crippen LogP contribution in [0.15, 0.2) is 53.7 Å². The third kappa shape index (κ3) is 5.35. The number of thioether (sulfide) groups is 1. The van der Waals surface area contributed by atoms with Gasteiger partial charge >= 0.3 is 0 Å². The Morgan fingerprint density at radius 2 is 1.87 bits per heavy atom. The number of anilines is 2. The highest BCUT2D eigenvalue weighted by Gasteiger charge is 2.15. The predicted molar refractivity (Wildman–Crippen MR) is 122 cm³/mol. The zero-order valence-electron chi connectivity index (χ0n) is 17.5. The van der Waals surface area contributed by atoms with E-state index < -0.39 is 0 Å². The summed E-state index contributed by atoms with van der Waals surface area (Å²) in [4.78, 5) is 14.9. The number of carbonyl (C=O) groups is 1. The fraction of sp³-hybridized carbons (Fsp3) is 0.364. The Balaban J connectivity index is 1.35. The van der Waals surface area contributed by atoms with Crippen LogP contribution in [0.2, 0.25) is 0 Å². The fourth-order valence-corrected chi connectivity index (χ4v) is 4.25. The lowest BCUT2D eigenvalue weighted by atomic mass is 10.1. The summed E-state index contributed by atoms with van der Waals surface area (Å²) in [6.45, 7) is 4.67. The van der Waals surface area contributed by atoms with Gasteiger partial charge in [-0.15, -0.1) is 5.10 Å². The lowest BCUT2D eigenvalue weighted by Crippen LogP contribution is -2.29. The van der Waals surface area contributed by atoms with Gasteiger partial charge in [0.25, 0.3) is 0 Å². The smallest absolute Gasteiger partial charge is 0.234 e. The lowest BCUT2D eigenvalue weighted by molar-refractivity contribution is -0.113. The molecule has 1 aliphatic heterocycles. The Morgan fingerprint density at radius 1 is 1.10 bits per heavy atom. The van der Waals surface area contributed by atoms with E-state index in [-0.39, 0.29) is 11.7 Å². The maximum atomic E-state index is 12.5. The SMILES string of the molecule is CCOc1ccccc1-n1nnnc1SCC(=O)Nc1ccc(N2CCCCC2)cc1. The minimum atomic E-state index is -0.108. The minimum Gasteiger partial charge on any atom is -0.492 e. The molecule has 0 radical (unpaired) electrons. The number of rotatable bonds is 8. The number of hydrogen-bond donors (Lipinski definition) is 1. The van der Waals surface area contributed by atoms with Crippen molar-refractivity contribution in [2.24, 2.45) is 0 Å². The number of carbonyl (C=O) groups excluding carboxylic acids is 1. The molecule has 162 valence electrons. The molecule has 0 spiro atoms. The monoisotopic (exact) mass is 438 g/mol. The Morgan fingerprint density at radius 3 is 2.65 bits per heavy atom. The first-order valence-corrected chi connectivity index (χ1v) is 11.5. The first kappa shape index (κ1) is 21.2. The molecule has 1 fully saturated rings. The van der Waals surface area contributed by atoms with Crippen molar-refractivity contribution in [3.8, 4) is 11.4 Å². The quantitative estimate of drug-likeness (QED) is 0.536. The second kappa shape index (κ2) is 10.3. The first-order chi connectivity index (χ1) is 15.2. The van der Waals surface area contributed by atoms with Crippen LogP contribution in [0.4, 0.5) is 11.4 Å². The van der Waals surface area contributed by atoms with Crippen molar-refractivity contribution in [3.63, 3.8) is 0 Å². The van der Waals surface area contributed by atoms with Crippen molar-refractivity contribution >= 4 is 29.0 Å². The Bertz CT molecular complexity index is 1000. The van der Waals surface area contributed by atoms with Crippen LogP contribution in [0.3, 0.4) is 0 Å². The van der Waals surface area contributed by atoms with Gasteiger partial charge in [-0.2, -0.15) is 4.68 Å². The Labute approximate surface area is 186 Å². The fourth-order valence-electron chi connectivity index (χ4n) is 3.56. The van der Waals surface area contributed by atoms with E-state index >= 15 is 0 Å². The van der Waals surface area contributed by atoms with Gasteiger partial charge in [-0.25, -0.2) is 0 Å². The summed E-state index contributed by atoms with van der Waals surface area (Å²) in [6, 6.07) is 15.6. The number of nitrogens with one attached hydrogen (secondary N) is 1. The van der Waals surface area contributed by atoms with Crippen molar-refractivity contribution in [3.05, 3.63) is 48.5 Å². The lowest BCUT2D eigenvalue weighted by Gasteiger charge is -2.28. The van der Waals surface area contributed by atoms with Crippen LogP contribution in [0.25, 0.3) is 5.69 Å². The molecule has 9 heteroatoms. The largest absolute Gasteiger partial charge is 0.492 e. The summed E-state index contributed by atoms with van der Waals surface area (Å²) < 4.78 is 7.26. The molecule has 0 saturated carbocycles. The van der Waals surface area contributed by atoms with E-state index in [1.54, 1.807) is 4.68 Å². The molecule has 3 aromatic rings. The molecule has 2 aromatic carbocycles. The number of benzene rings is 2. The molecule has 2 heterocycles. The van der Waals surface area contributed by atoms with E-state index in [0.29, 0.717) is 17.5 Å². The molecule has 1 amide bonds. The van der Waals surface area contributed by atoms with Crippen molar-refractivity contribution in [1.82, 2.24) is 20.2 Å². The van der Waals surface area contributed by atoms with Crippen LogP contribution < -0.4 is 15.0 Å². The maximum Gasteiger partial charge on any atom is 0.234 e. The van der Waals surface area contributed by atoms with Crippen LogP contribution in [0.1, 0.15) is 26.2 Å². The molecule has 4 rings (SSSR count). The molecule has 1 aliphatic rings. The van der Waals surface area contributed by atoms with Gasteiger partial charge in [-0.1, -0.05) is 23.9 Å². The molecule has 1 aromatic heterocycles. The molecule has 31 heavy (non-hydrogen) atoms. The number of tetrazole rings is 1. The molecule has 0 unspecified atom stereocenters. The molecule has 1 N–H and O–H groups in total. The van der Waals surface area contributed by atoms with Crippen LogP contribution in [0.5, 0.6) is 5.75 Å². The third-order valence-electron chi connectivity index (χ3n) is 5.04. The summed E-state index contributed by atoms with van der Waals surface area (Å²) in [5, 5.41) is 15.4. The topological polar surface area (TPSA) is 85.2 Å². The number of piperidine rings is 1. The Kier molecular flexibility index (Phi) is 7.03. The van der Waals surface area contributed by atoms with Crippen molar-refractivity contribution < 1.29 is 9.53 Å². The van der Waals surface area contributed by atoms with Gasteiger partial charge in [0, 0.05) is 24.5 Å². The van der Waals surface area contributed by atoms with Crippen LogP contribution >= 0.6 is 11.8 Å². The maximum absolute atomic E-state index is 12.5. The van der Waals surface area contributed by atoms with Crippen molar-refractivity contribution in [1.29, 1.82) is 0 Å². The van der Waals surface area contributed by atoms with Gasteiger partial charge in [-0.3, -0.25) is 4.79 Å². The normalized spacial score (nSPS) is 13.8. The molecule has 0 bridgehead atoms. The van der Waals surface area contributed by atoms with E-state index in [2.05, 4.69) is 37.9 Å². The third-order valence-corrected chi connectivity index (χ3v) is 5.96. The standard InChI is InChI=1S/C22H26N6O2S/c1-2-30-20-9-5-4-8-19(20)28-22(24-25-26-28)31-16-21(29)23-17-10-12-18(13-11-17)27-14-6-3-7-15-27/h4-5,8-13H,2-3,6-7,14-16H2,1H3,(H,23,29). The molecular weight excluding hydrogens is 412 g/mol. The molecule has 1 saturated heterocycles. The van der Waals surface area contributed by atoms with Gasteiger partial charge in [0.2, 0.25) is 11.1 Å². The molecular formula is C22H26N6O2S. The first-order valence-electron chi connectivity index (χ1n) is 10.5. The van der Waals surface area contributed by atoms with E-state index in [4.69, 9.17) is 4.74 Å². The highest BCUT2D eigenvalue weighted by atomic mass is 32.2. The van der Waals surface area contributed by atoms with Gasteiger partial charge < -0.3 is 15.0 Å². The highest BCUT2D eigenvalue weighted by molar-refractivity contribution is 7.99. The molecule has 0 aliphatic carbocycles. The van der Waals surface area contributed by atoms with Crippen LogP contribution in [-0.4, -0.2) is 51.6 Å². The number of aromatic nitrogens is 4. The van der Waals surface area contributed by atoms with Gasteiger partial charge in [0.05, 0.1) is 12.4 Å². The minimum absolute atomic E-state index is 0.108. The van der Waals surface area contributed by atoms with Gasteiger partial charge in [0.15, 0.2) is 0 Å². The number of nitrogens with zero attached hydrogens (tertiary/aromatic N) is 5. The average Bonchev–Trinajstić information content (AvgIpc) is 3.28. The van der Waals surface area contributed by atoms with E-state index in [9.17, 15) is 4.79 Å². The summed E-state index contributed by atoms with van der Waals surface area (Å²) in [7, 11) is 0. The predicted octanol–water partition coefficient (Wildman–Crippen LogP) is 3.78. The Hall–Kier alpha value is -3.07. The summed E-state index contributed by atoms with van der Waals surface area (Å²) in [5.74, 6) is 0.783. The highest BCUT2D eigenvalue weighted by Crippen LogP contribution is 2.26. The van der Waals surface area contributed by atoms with Crippen molar-refractivity contribution in [2.45, 2.75) is 31.3 Å². The number of para-hydroxylation sites is 2. The summed E-state index contributed by atoms with van der Waals surface area (Å²) in [6.07, 6.45) is 3.79. The van der Waals surface area contributed by atoms with Gasteiger partial charge in [-0.05, 0) is 73.0 Å². The number of hydrogen-bond acceptors (Lipinski definition) is 7. The zero-order chi connectivity index (χ0) is 21.5. The number of amides is 1. The van der Waals surface area contributed by atoms with E-state index in [1.807, 2.05) is 43.3 Å². The second-order valence-electron chi connectivity index (χ2n) is 7.21. The summed E-state index contributed by atoms with van der Waals surface area (Å²) in [5.41, 5.74) is 2.73. The molecule has 8 nitrogen and oxygen atoms in total. The van der Waals surface area contributed by atoms with E-state index in [0.717, 1.165) is 24.5 Å². The second-order valence-corrected chi connectivity index (χ2v) is 8.15. The van der Waals surface area contributed by atoms with Gasteiger partial charge in [0.1, 0.15) is 11.4 Å². The zero-order valence-corrected chi connectivity index (χ0v) is 18.3. The summed E-state index contributed by atoms with van der Waals surface area (Å²) >= 11 is 1.28. The average molecular weight is 439 g/mol. The van der Waals surface area contributed by atoms with Crippen LogP contribution in [0, 0.1) is 0 Å². The number of ether oxygens (including phenoxy) is 1. The van der Waals surface area contributed by atoms with Crippen LogP contribution in [-0.2, 0) is 4.79 Å².